The molecule has 3 rings (SSSR count). The van der Waals surface area contributed by atoms with E-state index in [-0.39, 0.29) is 17.8 Å². The molecule has 0 saturated carbocycles. The molecule has 0 amide bonds. The van der Waals surface area contributed by atoms with Gasteiger partial charge in [0.05, 0.1) is 11.9 Å². The van der Waals surface area contributed by atoms with E-state index in [1.165, 1.54) is 4.68 Å². The van der Waals surface area contributed by atoms with Gasteiger partial charge in [-0.2, -0.15) is 5.10 Å². The number of ether oxygens (including phenoxy) is 1. The fraction of sp³-hybridized carbons (Fsp3) is 0.0625. The molecule has 0 aliphatic rings. The predicted molar refractivity (Wildman–Crippen MR) is 96.0 cm³/mol. The van der Waals surface area contributed by atoms with Crippen LogP contribution in [-0.2, 0) is 11.2 Å². The summed E-state index contributed by atoms with van der Waals surface area (Å²) in [6.45, 7) is 0.101. The van der Waals surface area contributed by atoms with Crippen LogP contribution < -0.4 is 10.0 Å². The minimum atomic E-state index is -4.55. The smallest absolute Gasteiger partial charge is 0.363 e. The zero-order chi connectivity index (χ0) is 18.0. The molecule has 3 aromatic rings. The number of hydrogen-bond acceptors (Lipinski definition) is 3. The van der Waals surface area contributed by atoms with Gasteiger partial charge in [0.15, 0.2) is 0 Å². The van der Waals surface area contributed by atoms with Gasteiger partial charge in [0.25, 0.3) is 0 Å². The molecule has 0 unspecified atom stereocenters. The molecule has 2 N–H and O–H groups in total. The van der Waals surface area contributed by atoms with Crippen molar-refractivity contribution in [2.75, 3.05) is 0 Å². The van der Waals surface area contributed by atoms with Gasteiger partial charge >= 0.3 is 7.60 Å². The largest absolute Gasteiger partial charge is 0.472 e. The molecule has 130 valence electrons. The van der Waals surface area contributed by atoms with Gasteiger partial charge in [-0.25, -0.2) is 4.68 Å². The topological polar surface area (TPSA) is 84.6 Å². The first-order valence-corrected chi connectivity index (χ1v) is 9.49. The molecule has 25 heavy (non-hydrogen) atoms. The average molecular weight is 399 g/mol. The molecule has 0 aliphatic heterocycles. The van der Waals surface area contributed by atoms with Gasteiger partial charge in [0.2, 0.25) is 5.88 Å². The zero-order valence-corrected chi connectivity index (χ0v) is 15.1. The van der Waals surface area contributed by atoms with Crippen LogP contribution in [0.4, 0.5) is 0 Å². The highest BCUT2D eigenvalue weighted by Gasteiger charge is 2.28. The van der Waals surface area contributed by atoms with Crippen LogP contribution in [0.5, 0.6) is 5.88 Å². The van der Waals surface area contributed by atoms with Crippen LogP contribution in [0.15, 0.2) is 54.7 Å². The molecular weight excluding hydrogens is 386 g/mol. The van der Waals surface area contributed by atoms with Gasteiger partial charge in [-0.15, -0.1) is 0 Å². The number of halogens is 2. The van der Waals surface area contributed by atoms with E-state index in [1.807, 2.05) is 0 Å². The minimum absolute atomic E-state index is 0.0226. The molecule has 0 bridgehead atoms. The van der Waals surface area contributed by atoms with Crippen LogP contribution in [0.2, 0.25) is 10.0 Å². The monoisotopic (exact) mass is 398 g/mol. The highest BCUT2D eigenvalue weighted by molar-refractivity contribution is 7.60. The summed E-state index contributed by atoms with van der Waals surface area (Å²) in [5, 5.41) is 4.89. The lowest BCUT2D eigenvalue weighted by atomic mass is 10.2. The normalized spacial score (nSPS) is 11.5. The summed E-state index contributed by atoms with van der Waals surface area (Å²) in [5.41, 5.74) is 1.36. The van der Waals surface area contributed by atoms with Crippen LogP contribution >= 0.6 is 30.8 Å². The molecule has 0 atom stereocenters. The highest BCUT2D eigenvalue weighted by Crippen LogP contribution is 2.38. The Balaban J connectivity index is 1.96. The number of benzene rings is 2. The van der Waals surface area contributed by atoms with E-state index in [4.69, 9.17) is 27.9 Å². The van der Waals surface area contributed by atoms with E-state index in [1.54, 1.807) is 48.5 Å². The van der Waals surface area contributed by atoms with Crippen LogP contribution in [0.1, 0.15) is 5.56 Å². The summed E-state index contributed by atoms with van der Waals surface area (Å²) in [5.74, 6) is -0.0226. The van der Waals surface area contributed by atoms with E-state index in [0.717, 1.165) is 11.8 Å². The van der Waals surface area contributed by atoms with Gasteiger partial charge < -0.3 is 14.5 Å². The van der Waals surface area contributed by atoms with Crippen molar-refractivity contribution in [1.82, 2.24) is 9.78 Å². The van der Waals surface area contributed by atoms with Crippen molar-refractivity contribution in [3.63, 3.8) is 0 Å². The second-order valence-electron chi connectivity index (χ2n) is 5.18. The number of rotatable bonds is 5. The van der Waals surface area contributed by atoms with Crippen molar-refractivity contribution in [3.05, 3.63) is 70.3 Å². The van der Waals surface area contributed by atoms with Crippen LogP contribution in [0.25, 0.3) is 5.69 Å². The Morgan fingerprint density at radius 3 is 2.12 bits per heavy atom. The molecule has 2 aromatic carbocycles. The third kappa shape index (κ3) is 4.24. The molecular formula is C16H13Cl2N2O4P. The Kier molecular flexibility index (Phi) is 5.18. The van der Waals surface area contributed by atoms with E-state index in [9.17, 15) is 14.4 Å². The predicted octanol–water partition coefficient (Wildman–Crippen LogP) is 3.56. The zero-order valence-electron chi connectivity index (χ0n) is 12.7. The third-order valence-electron chi connectivity index (χ3n) is 3.38. The number of nitrogens with zero attached hydrogens (tertiary/aromatic N) is 2. The summed E-state index contributed by atoms with van der Waals surface area (Å²) in [6.07, 6.45) is 1.10. The molecule has 1 aromatic heterocycles. The Labute approximate surface area is 153 Å². The Bertz CT molecular complexity index is 920. The van der Waals surface area contributed by atoms with Gasteiger partial charge in [-0.1, -0.05) is 35.3 Å². The summed E-state index contributed by atoms with van der Waals surface area (Å²) in [7, 11) is -4.55. The van der Waals surface area contributed by atoms with Crippen LogP contribution in [-0.4, -0.2) is 19.6 Å². The van der Waals surface area contributed by atoms with E-state index in [0.29, 0.717) is 15.7 Å². The number of hydrogen-bond donors (Lipinski definition) is 2. The standard InChI is InChI=1S/C16H13Cl2N2O4P/c17-12-3-1-11(2-4-12)10-24-16-15(25(21,22)23)9-19-20(16)14-7-5-13(18)6-8-14/h1-9H,10H2,(H2,21,22,23). The maximum Gasteiger partial charge on any atom is 0.363 e. The Morgan fingerprint density at radius 2 is 1.56 bits per heavy atom. The third-order valence-corrected chi connectivity index (χ3v) is 4.82. The first-order valence-electron chi connectivity index (χ1n) is 7.12. The molecule has 0 spiro atoms. The van der Waals surface area contributed by atoms with Crippen molar-refractivity contribution >= 4 is 36.1 Å². The van der Waals surface area contributed by atoms with Gasteiger partial charge in [-0.3, -0.25) is 4.57 Å². The quantitative estimate of drug-likeness (QED) is 0.641. The molecule has 1 heterocycles. The second kappa shape index (κ2) is 7.20. The summed E-state index contributed by atoms with van der Waals surface area (Å²) in [4.78, 5) is 19.1. The lowest BCUT2D eigenvalue weighted by Gasteiger charge is -2.12. The van der Waals surface area contributed by atoms with E-state index in [2.05, 4.69) is 5.10 Å². The lowest BCUT2D eigenvalue weighted by molar-refractivity contribution is 0.285. The fourth-order valence-electron chi connectivity index (χ4n) is 2.16. The first kappa shape index (κ1) is 18.0. The molecule has 0 saturated heterocycles. The molecule has 0 fully saturated rings. The molecule has 0 aliphatic carbocycles. The second-order valence-corrected chi connectivity index (χ2v) is 7.63. The molecule has 0 radical (unpaired) electrons. The van der Waals surface area contributed by atoms with Crippen LogP contribution in [0.3, 0.4) is 0 Å². The highest BCUT2D eigenvalue weighted by atomic mass is 35.5. The molecule has 9 heteroatoms. The van der Waals surface area contributed by atoms with Crippen molar-refractivity contribution < 1.29 is 19.1 Å². The summed E-state index contributed by atoms with van der Waals surface area (Å²) >= 11 is 11.7. The summed E-state index contributed by atoms with van der Waals surface area (Å²) in [6, 6.07) is 13.6. The maximum atomic E-state index is 11.7. The Morgan fingerprint density at radius 1 is 1.00 bits per heavy atom. The molecule has 6 nitrogen and oxygen atoms in total. The van der Waals surface area contributed by atoms with E-state index < -0.39 is 7.60 Å². The average Bonchev–Trinajstić information content (AvgIpc) is 2.99. The Hall–Kier alpha value is -1.82. The fourth-order valence-corrected chi connectivity index (χ4v) is 3.02. The van der Waals surface area contributed by atoms with Crippen LogP contribution in [0, 0.1) is 0 Å². The SMILES string of the molecule is O=P(O)(O)c1cnn(-c2ccc(Cl)cc2)c1OCc1ccc(Cl)cc1. The van der Waals surface area contributed by atoms with Gasteiger partial charge in [0.1, 0.15) is 11.9 Å². The van der Waals surface area contributed by atoms with Crippen molar-refractivity contribution in [3.8, 4) is 11.6 Å². The van der Waals surface area contributed by atoms with Crippen molar-refractivity contribution in [2.24, 2.45) is 0 Å². The van der Waals surface area contributed by atoms with Crippen molar-refractivity contribution in [1.29, 1.82) is 0 Å². The van der Waals surface area contributed by atoms with Crippen molar-refractivity contribution in [2.45, 2.75) is 6.61 Å². The van der Waals surface area contributed by atoms with Gasteiger partial charge in [0, 0.05) is 10.0 Å². The maximum absolute atomic E-state index is 11.7. The van der Waals surface area contributed by atoms with Gasteiger partial charge in [-0.05, 0) is 42.0 Å². The van der Waals surface area contributed by atoms with E-state index >= 15 is 0 Å². The first-order chi connectivity index (χ1) is 11.8. The lowest BCUT2D eigenvalue weighted by Crippen LogP contribution is -2.11. The number of aromatic nitrogens is 2. The summed E-state index contributed by atoms with van der Waals surface area (Å²) < 4.78 is 18.7. The minimum Gasteiger partial charge on any atom is -0.472 e.